The maximum Gasteiger partial charge on any atom is 0.180 e. The Balaban J connectivity index is 2.32. The molecule has 0 saturated heterocycles. The van der Waals surface area contributed by atoms with Gasteiger partial charge in [-0.3, -0.25) is 4.98 Å². The molecule has 18 heavy (non-hydrogen) atoms. The van der Waals surface area contributed by atoms with Crippen molar-refractivity contribution in [2.24, 2.45) is 5.73 Å². The summed E-state index contributed by atoms with van der Waals surface area (Å²) in [7, 11) is 0. The third-order valence-corrected chi connectivity index (χ3v) is 2.70. The maximum absolute atomic E-state index is 5.96. The average Bonchev–Trinajstić information content (AvgIpc) is 2.39. The first-order chi connectivity index (χ1) is 8.69. The minimum atomic E-state index is 0.133. The summed E-state index contributed by atoms with van der Waals surface area (Å²) in [6.07, 6.45) is 6.63. The van der Waals surface area contributed by atoms with Crippen molar-refractivity contribution >= 4 is 0 Å². The molecule has 1 unspecified atom stereocenters. The maximum atomic E-state index is 5.96. The van der Waals surface area contributed by atoms with Crippen LogP contribution in [0.4, 0.5) is 0 Å². The summed E-state index contributed by atoms with van der Waals surface area (Å²) in [6.45, 7) is 4.02. The quantitative estimate of drug-likeness (QED) is 0.881. The minimum Gasteiger partial charge on any atom is -0.327 e. The summed E-state index contributed by atoms with van der Waals surface area (Å²) in [5, 5.41) is 0. The van der Waals surface area contributed by atoms with Crippen molar-refractivity contribution in [2.75, 3.05) is 0 Å². The second kappa shape index (κ2) is 5.64. The highest BCUT2D eigenvalue weighted by Crippen LogP contribution is 2.13. The van der Waals surface area contributed by atoms with Crippen molar-refractivity contribution in [3.8, 4) is 11.5 Å². The molecule has 0 radical (unpaired) electrons. The van der Waals surface area contributed by atoms with Crippen molar-refractivity contribution < 1.29 is 0 Å². The molecule has 1 atom stereocenters. The first kappa shape index (κ1) is 12.6. The molecule has 2 N–H and O–H groups in total. The van der Waals surface area contributed by atoms with Crippen LogP contribution in [-0.4, -0.2) is 26.0 Å². The largest absolute Gasteiger partial charge is 0.327 e. The molecule has 0 saturated carbocycles. The molecular formula is C13H17N5. The second-order valence-electron chi connectivity index (χ2n) is 4.29. The molecule has 94 valence electrons. The highest BCUT2D eigenvalue weighted by Gasteiger charge is 2.08. The van der Waals surface area contributed by atoms with Gasteiger partial charge in [-0.05, 0) is 19.4 Å². The lowest BCUT2D eigenvalue weighted by Crippen LogP contribution is -2.22. The molecule has 0 fully saturated rings. The zero-order valence-electron chi connectivity index (χ0n) is 10.7. The van der Waals surface area contributed by atoms with Crippen LogP contribution in [0.15, 0.2) is 24.7 Å². The first-order valence-electron chi connectivity index (χ1n) is 6.05. The van der Waals surface area contributed by atoms with Gasteiger partial charge in [-0.1, -0.05) is 6.92 Å². The molecule has 0 spiro atoms. The molecule has 0 bridgehead atoms. The Labute approximate surface area is 107 Å². The lowest BCUT2D eigenvalue weighted by atomic mass is 10.1. The number of nitrogens with zero attached hydrogens (tertiary/aromatic N) is 4. The van der Waals surface area contributed by atoms with E-state index < -0.39 is 0 Å². The number of nitrogens with two attached hydrogens (primary N) is 1. The van der Waals surface area contributed by atoms with E-state index >= 15 is 0 Å². The van der Waals surface area contributed by atoms with Gasteiger partial charge in [-0.15, -0.1) is 0 Å². The molecule has 2 heterocycles. The molecule has 2 aromatic rings. The van der Waals surface area contributed by atoms with Crippen LogP contribution in [0.5, 0.6) is 0 Å². The van der Waals surface area contributed by atoms with Gasteiger partial charge in [0.2, 0.25) is 0 Å². The molecule has 2 rings (SSSR count). The van der Waals surface area contributed by atoms with Gasteiger partial charge in [0.05, 0.1) is 6.20 Å². The fraction of sp³-hybridized carbons (Fsp3) is 0.385. The third kappa shape index (κ3) is 3.07. The highest BCUT2D eigenvalue weighted by molar-refractivity contribution is 5.47. The van der Waals surface area contributed by atoms with E-state index in [9.17, 15) is 0 Å². The van der Waals surface area contributed by atoms with Crippen molar-refractivity contribution in [1.29, 1.82) is 0 Å². The molecule has 5 heteroatoms. The van der Waals surface area contributed by atoms with Crippen molar-refractivity contribution in [3.63, 3.8) is 0 Å². The molecule has 2 aromatic heterocycles. The second-order valence-corrected chi connectivity index (χ2v) is 4.29. The Kier molecular flexibility index (Phi) is 3.94. The van der Waals surface area contributed by atoms with E-state index in [1.807, 2.05) is 13.0 Å². The Bertz CT molecular complexity index is 512. The van der Waals surface area contributed by atoms with Gasteiger partial charge in [0.1, 0.15) is 5.69 Å². The molecule has 0 amide bonds. The molecule has 0 aliphatic rings. The predicted octanol–water partition coefficient (Wildman–Crippen LogP) is 1.52. The van der Waals surface area contributed by atoms with Crippen LogP contribution in [0, 0.1) is 6.92 Å². The lowest BCUT2D eigenvalue weighted by molar-refractivity contribution is 0.635. The summed E-state index contributed by atoms with van der Waals surface area (Å²) < 4.78 is 0. The number of aromatic nitrogens is 4. The lowest BCUT2D eigenvalue weighted by Gasteiger charge is -2.09. The van der Waals surface area contributed by atoms with Crippen LogP contribution in [0.1, 0.15) is 24.7 Å². The Morgan fingerprint density at radius 3 is 2.78 bits per heavy atom. The van der Waals surface area contributed by atoms with Gasteiger partial charge in [-0.25, -0.2) is 15.0 Å². The van der Waals surface area contributed by atoms with Gasteiger partial charge in [0.15, 0.2) is 5.82 Å². The van der Waals surface area contributed by atoms with E-state index in [1.165, 1.54) is 0 Å². The van der Waals surface area contributed by atoms with Gasteiger partial charge < -0.3 is 5.73 Å². The zero-order chi connectivity index (χ0) is 13.0. The van der Waals surface area contributed by atoms with Crippen LogP contribution in [0.25, 0.3) is 11.5 Å². The smallest absolute Gasteiger partial charge is 0.180 e. The van der Waals surface area contributed by atoms with Crippen LogP contribution >= 0.6 is 0 Å². The fourth-order valence-electron chi connectivity index (χ4n) is 1.68. The van der Waals surface area contributed by atoms with Crippen molar-refractivity contribution in [2.45, 2.75) is 32.7 Å². The van der Waals surface area contributed by atoms with E-state index in [4.69, 9.17) is 5.73 Å². The van der Waals surface area contributed by atoms with E-state index in [2.05, 4.69) is 26.9 Å². The summed E-state index contributed by atoms with van der Waals surface area (Å²) in [4.78, 5) is 17.1. The molecule has 5 nitrogen and oxygen atoms in total. The summed E-state index contributed by atoms with van der Waals surface area (Å²) in [5.41, 5.74) is 8.52. The summed E-state index contributed by atoms with van der Waals surface area (Å²) in [6, 6.07) is 2.10. The van der Waals surface area contributed by atoms with Crippen LogP contribution in [-0.2, 0) is 6.42 Å². The fourth-order valence-corrected chi connectivity index (χ4v) is 1.68. The Morgan fingerprint density at radius 1 is 1.28 bits per heavy atom. The van der Waals surface area contributed by atoms with Gasteiger partial charge in [0, 0.05) is 36.2 Å². The standard InChI is InChI=1S/C13H17N5/c1-3-10(14)7-11-6-9(2)17-13(18-11)12-8-15-4-5-16-12/h4-6,8,10H,3,7,14H2,1-2H3. The van der Waals surface area contributed by atoms with Crippen LogP contribution in [0.3, 0.4) is 0 Å². The molecule has 0 aromatic carbocycles. The topological polar surface area (TPSA) is 77.6 Å². The summed E-state index contributed by atoms with van der Waals surface area (Å²) in [5.74, 6) is 0.612. The van der Waals surface area contributed by atoms with E-state index in [1.54, 1.807) is 18.6 Å². The zero-order valence-corrected chi connectivity index (χ0v) is 10.7. The SMILES string of the molecule is CCC(N)Cc1cc(C)nc(-c2cnccn2)n1. The normalized spacial score (nSPS) is 12.4. The van der Waals surface area contributed by atoms with E-state index in [0.29, 0.717) is 11.5 Å². The van der Waals surface area contributed by atoms with Crippen LogP contribution < -0.4 is 5.73 Å². The highest BCUT2D eigenvalue weighted by atomic mass is 14.9. The third-order valence-electron chi connectivity index (χ3n) is 2.70. The summed E-state index contributed by atoms with van der Waals surface area (Å²) >= 11 is 0. The number of hydrogen-bond donors (Lipinski definition) is 1. The predicted molar refractivity (Wildman–Crippen MR) is 69.8 cm³/mol. The Hall–Kier alpha value is -1.88. The van der Waals surface area contributed by atoms with Gasteiger partial charge in [0.25, 0.3) is 0 Å². The molecular weight excluding hydrogens is 226 g/mol. The van der Waals surface area contributed by atoms with Gasteiger partial charge >= 0.3 is 0 Å². The molecule has 0 aliphatic carbocycles. The first-order valence-corrected chi connectivity index (χ1v) is 6.05. The van der Waals surface area contributed by atoms with E-state index in [0.717, 1.165) is 24.2 Å². The number of rotatable bonds is 4. The number of hydrogen-bond acceptors (Lipinski definition) is 5. The average molecular weight is 243 g/mol. The Morgan fingerprint density at radius 2 is 2.11 bits per heavy atom. The minimum absolute atomic E-state index is 0.133. The molecule has 0 aliphatic heterocycles. The van der Waals surface area contributed by atoms with Crippen molar-refractivity contribution in [3.05, 3.63) is 36.0 Å². The van der Waals surface area contributed by atoms with Gasteiger partial charge in [-0.2, -0.15) is 0 Å². The number of aryl methyl sites for hydroxylation is 1. The van der Waals surface area contributed by atoms with Crippen molar-refractivity contribution in [1.82, 2.24) is 19.9 Å². The van der Waals surface area contributed by atoms with E-state index in [-0.39, 0.29) is 6.04 Å². The van der Waals surface area contributed by atoms with Crippen LogP contribution in [0.2, 0.25) is 0 Å². The monoisotopic (exact) mass is 243 g/mol.